The highest BCUT2D eigenvalue weighted by molar-refractivity contribution is 7.94. The number of nitrogens with one attached hydrogen (secondary N) is 1. The number of nitrogens with two attached hydrogens (primary N) is 1. The van der Waals surface area contributed by atoms with Gasteiger partial charge >= 0.3 is 5.69 Å². The molecule has 0 radical (unpaired) electrons. The maximum Gasteiger partial charge on any atom is 0.304 e. The van der Waals surface area contributed by atoms with E-state index in [0.29, 0.717) is 17.0 Å². The Labute approximate surface area is 118 Å². The zero-order chi connectivity index (χ0) is 14.9. The van der Waals surface area contributed by atoms with Crippen molar-refractivity contribution < 1.29 is 13.3 Å². The van der Waals surface area contributed by atoms with Gasteiger partial charge in [0.2, 0.25) is 0 Å². The summed E-state index contributed by atoms with van der Waals surface area (Å²) in [4.78, 5) is 13.9. The van der Waals surface area contributed by atoms with E-state index in [9.17, 15) is 18.5 Å². The first-order valence-electron chi connectivity index (χ1n) is 5.30. The molecule has 20 heavy (non-hydrogen) atoms. The molecule has 2 aromatic heterocycles. The fourth-order valence-electron chi connectivity index (χ4n) is 1.44. The number of nitro groups is 1. The normalized spacial score (nSPS) is 11.2. The molecular formula is C10H10N4O4S2. The summed E-state index contributed by atoms with van der Waals surface area (Å²) in [6.07, 6.45) is 0. The molecule has 0 unspecified atom stereocenters. The second kappa shape index (κ2) is 5.06. The highest BCUT2D eigenvalue weighted by Gasteiger charge is 2.25. The first kappa shape index (κ1) is 14.2. The average Bonchev–Trinajstić information content (AvgIpc) is 2.71. The Morgan fingerprint density at radius 2 is 2.15 bits per heavy atom. The molecule has 0 aromatic carbocycles. The Hall–Kier alpha value is -2.20. The van der Waals surface area contributed by atoms with Crippen molar-refractivity contribution in [2.24, 2.45) is 0 Å². The second-order valence-corrected chi connectivity index (χ2v) is 6.83. The zero-order valence-electron chi connectivity index (χ0n) is 10.2. The Morgan fingerprint density at radius 3 is 2.70 bits per heavy atom. The van der Waals surface area contributed by atoms with Gasteiger partial charge in [-0.2, -0.15) is 0 Å². The minimum absolute atomic E-state index is 0.139. The van der Waals surface area contributed by atoms with Crippen LogP contribution in [0.3, 0.4) is 0 Å². The van der Waals surface area contributed by atoms with Gasteiger partial charge in [-0.05, 0) is 19.1 Å². The number of hydrogen-bond donors (Lipinski definition) is 2. The van der Waals surface area contributed by atoms with Gasteiger partial charge in [-0.25, -0.2) is 13.4 Å². The number of sulfonamides is 1. The minimum Gasteiger partial charge on any atom is -0.385 e. The van der Waals surface area contributed by atoms with Crippen molar-refractivity contribution in [3.05, 3.63) is 40.1 Å². The number of anilines is 2. The fourth-order valence-corrected chi connectivity index (χ4v) is 3.65. The quantitative estimate of drug-likeness (QED) is 0.653. The van der Waals surface area contributed by atoms with E-state index in [2.05, 4.69) is 9.71 Å². The van der Waals surface area contributed by atoms with Gasteiger partial charge in [-0.15, -0.1) is 0 Å². The summed E-state index contributed by atoms with van der Waals surface area (Å²) >= 11 is 0.631. The molecule has 0 saturated heterocycles. The summed E-state index contributed by atoms with van der Waals surface area (Å²) in [5.74, 6) is 0.139. The van der Waals surface area contributed by atoms with Crippen LogP contribution in [0.5, 0.6) is 0 Å². The summed E-state index contributed by atoms with van der Waals surface area (Å²) in [6, 6.07) is 5.77. The minimum atomic E-state index is -3.94. The lowest BCUT2D eigenvalue weighted by molar-refractivity contribution is -0.383. The van der Waals surface area contributed by atoms with Gasteiger partial charge in [-0.1, -0.05) is 17.4 Å². The van der Waals surface area contributed by atoms with Crippen molar-refractivity contribution in [1.29, 1.82) is 0 Å². The third-order valence-electron chi connectivity index (χ3n) is 2.31. The predicted octanol–water partition coefficient (Wildman–Crippen LogP) is 1.74. The summed E-state index contributed by atoms with van der Waals surface area (Å²) < 4.78 is 26.2. The molecule has 0 aliphatic carbocycles. The molecule has 2 aromatic rings. The summed E-state index contributed by atoms with van der Waals surface area (Å²) in [7, 11) is -3.94. The van der Waals surface area contributed by atoms with Crippen LogP contribution in [-0.4, -0.2) is 18.3 Å². The summed E-state index contributed by atoms with van der Waals surface area (Å²) in [5, 5.41) is 10.5. The smallest absolute Gasteiger partial charge is 0.304 e. The van der Waals surface area contributed by atoms with Crippen LogP contribution in [0.15, 0.2) is 28.5 Å². The van der Waals surface area contributed by atoms with E-state index in [4.69, 9.17) is 5.73 Å². The van der Waals surface area contributed by atoms with Gasteiger partial charge < -0.3 is 5.73 Å². The van der Waals surface area contributed by atoms with Crippen LogP contribution in [0.2, 0.25) is 0 Å². The molecule has 8 nitrogen and oxygen atoms in total. The van der Waals surface area contributed by atoms with Gasteiger partial charge in [0.05, 0.1) is 4.92 Å². The van der Waals surface area contributed by atoms with E-state index in [1.54, 1.807) is 19.1 Å². The van der Waals surface area contributed by atoms with Crippen molar-refractivity contribution in [3.8, 4) is 0 Å². The monoisotopic (exact) mass is 314 g/mol. The third-order valence-corrected chi connectivity index (χ3v) is 5.09. The lowest BCUT2D eigenvalue weighted by atomic mass is 10.4. The molecule has 0 bridgehead atoms. The van der Waals surface area contributed by atoms with Crippen molar-refractivity contribution in [2.45, 2.75) is 11.1 Å². The highest BCUT2D eigenvalue weighted by atomic mass is 32.2. The lowest BCUT2D eigenvalue weighted by Gasteiger charge is -2.05. The maximum absolute atomic E-state index is 12.1. The first-order valence-corrected chi connectivity index (χ1v) is 7.60. The lowest BCUT2D eigenvalue weighted by Crippen LogP contribution is -2.12. The molecular weight excluding hydrogens is 304 g/mol. The molecule has 10 heteroatoms. The molecule has 0 atom stereocenters. The predicted molar refractivity (Wildman–Crippen MR) is 75.2 cm³/mol. The van der Waals surface area contributed by atoms with E-state index in [0.717, 1.165) is 6.07 Å². The number of aromatic nitrogens is 1. The molecule has 0 amide bonds. The first-order chi connectivity index (χ1) is 9.29. The third kappa shape index (κ3) is 2.86. The maximum atomic E-state index is 12.1. The Bertz CT molecular complexity index is 769. The average molecular weight is 314 g/mol. The van der Waals surface area contributed by atoms with Crippen LogP contribution in [0.4, 0.5) is 16.5 Å². The van der Waals surface area contributed by atoms with Gasteiger partial charge in [0.25, 0.3) is 10.0 Å². The number of rotatable bonds is 4. The standard InChI is InChI=1S/C10H10N4O4S2/c1-6-3-2-4-8(12-6)13-20(17,18)9-5-7(14(15)16)10(11)19-9/h2-5H,11H2,1H3,(H,12,13). The van der Waals surface area contributed by atoms with E-state index in [1.165, 1.54) is 6.07 Å². The van der Waals surface area contributed by atoms with Gasteiger partial charge in [0.15, 0.2) is 5.00 Å². The van der Waals surface area contributed by atoms with E-state index >= 15 is 0 Å². The molecule has 3 N–H and O–H groups in total. The second-order valence-electron chi connectivity index (χ2n) is 3.84. The Kier molecular flexibility index (Phi) is 3.59. The topological polar surface area (TPSA) is 128 Å². The van der Waals surface area contributed by atoms with Gasteiger partial charge in [0.1, 0.15) is 10.0 Å². The number of hydrogen-bond acceptors (Lipinski definition) is 7. The highest BCUT2D eigenvalue weighted by Crippen LogP contribution is 2.34. The molecule has 2 rings (SSSR count). The van der Waals surface area contributed by atoms with Crippen molar-refractivity contribution >= 4 is 37.9 Å². The molecule has 0 aliphatic heterocycles. The van der Waals surface area contributed by atoms with E-state index < -0.39 is 20.6 Å². The molecule has 2 heterocycles. The molecule has 0 aliphatic rings. The molecule has 106 valence electrons. The number of thiophene rings is 1. The summed E-state index contributed by atoms with van der Waals surface area (Å²) in [5.41, 5.74) is 5.64. The molecule has 0 fully saturated rings. The van der Waals surface area contributed by atoms with Crippen LogP contribution in [0.1, 0.15) is 5.69 Å². The van der Waals surface area contributed by atoms with Crippen molar-refractivity contribution in [1.82, 2.24) is 4.98 Å². The van der Waals surface area contributed by atoms with E-state index in [-0.39, 0.29) is 15.0 Å². The van der Waals surface area contributed by atoms with Gasteiger partial charge in [0, 0.05) is 11.8 Å². The van der Waals surface area contributed by atoms with Crippen LogP contribution < -0.4 is 10.5 Å². The molecule has 0 saturated carbocycles. The number of nitrogen functional groups attached to an aromatic ring is 1. The van der Waals surface area contributed by atoms with Crippen molar-refractivity contribution in [3.63, 3.8) is 0 Å². The van der Waals surface area contributed by atoms with Crippen molar-refractivity contribution in [2.75, 3.05) is 10.5 Å². The van der Waals surface area contributed by atoms with Crippen LogP contribution in [0.25, 0.3) is 0 Å². The zero-order valence-corrected chi connectivity index (χ0v) is 11.9. The van der Waals surface area contributed by atoms with Crippen LogP contribution in [-0.2, 0) is 10.0 Å². The SMILES string of the molecule is Cc1cccc(NS(=O)(=O)c2cc([N+](=O)[O-])c(N)s2)n1. The Morgan fingerprint density at radius 1 is 1.45 bits per heavy atom. The largest absolute Gasteiger partial charge is 0.385 e. The van der Waals surface area contributed by atoms with Crippen LogP contribution in [0, 0.1) is 17.0 Å². The Balaban J connectivity index is 2.36. The fraction of sp³-hybridized carbons (Fsp3) is 0.100. The number of nitrogens with zero attached hydrogens (tertiary/aromatic N) is 2. The van der Waals surface area contributed by atoms with Gasteiger partial charge in [-0.3, -0.25) is 14.8 Å². The number of pyridine rings is 1. The van der Waals surface area contributed by atoms with E-state index in [1.807, 2.05) is 0 Å². The summed E-state index contributed by atoms with van der Waals surface area (Å²) in [6.45, 7) is 1.71. The number of aryl methyl sites for hydroxylation is 1. The van der Waals surface area contributed by atoms with Crippen LogP contribution >= 0.6 is 11.3 Å². The molecule has 0 spiro atoms.